The number of sulfonamides is 1. The minimum Gasteiger partial charge on any atom is -0.454 e. The molecule has 0 saturated heterocycles. The maximum atomic E-state index is 13.4. The highest BCUT2D eigenvalue weighted by Gasteiger charge is 2.27. The Labute approximate surface area is 199 Å². The van der Waals surface area contributed by atoms with E-state index < -0.39 is 15.9 Å². The van der Waals surface area contributed by atoms with E-state index in [1.165, 1.54) is 24.3 Å². The van der Waals surface area contributed by atoms with Gasteiger partial charge < -0.3 is 4.42 Å². The number of halogens is 1. The minimum absolute atomic E-state index is 0.0220. The lowest BCUT2D eigenvalue weighted by molar-refractivity contribution is 0.101. The van der Waals surface area contributed by atoms with Gasteiger partial charge in [-0.3, -0.25) is 14.6 Å². The van der Waals surface area contributed by atoms with Gasteiger partial charge in [0.2, 0.25) is 15.5 Å². The van der Waals surface area contributed by atoms with Crippen molar-refractivity contribution in [2.75, 3.05) is 10.6 Å². The topological polar surface area (TPSA) is 97.5 Å². The molecule has 5 rings (SSSR count). The zero-order valence-corrected chi connectivity index (χ0v) is 19.6. The number of fused-ring (bicyclic) bond motifs is 3. The standard InChI is InChI=1S/C25H17ClN2O5S/c1-14-6-7-15-12-17(9-10-21(15)27-14)28(34(2,31)32)25(30)16-8-11-22-19(13-16)23(29)18-4-3-5-20(26)24(18)33-22/h3-13H,1-2H3. The van der Waals surface area contributed by atoms with Gasteiger partial charge in [0.25, 0.3) is 5.91 Å². The first-order valence-corrected chi connectivity index (χ1v) is 12.4. The maximum Gasteiger partial charge on any atom is 0.272 e. The third kappa shape index (κ3) is 3.70. The van der Waals surface area contributed by atoms with Crippen LogP contribution in [0.2, 0.25) is 5.02 Å². The second kappa shape index (κ2) is 7.93. The van der Waals surface area contributed by atoms with Crippen LogP contribution in [0.3, 0.4) is 0 Å². The predicted molar refractivity (Wildman–Crippen MR) is 133 cm³/mol. The molecule has 0 atom stereocenters. The third-order valence-corrected chi connectivity index (χ3v) is 6.79. The molecule has 0 aliphatic heterocycles. The Hall–Kier alpha value is -3.75. The van der Waals surface area contributed by atoms with Crippen LogP contribution < -0.4 is 9.73 Å². The molecule has 0 N–H and O–H groups in total. The summed E-state index contributed by atoms with van der Waals surface area (Å²) in [5, 5.41) is 1.39. The largest absolute Gasteiger partial charge is 0.454 e. The second-order valence-electron chi connectivity index (χ2n) is 7.92. The van der Waals surface area contributed by atoms with Crippen LogP contribution in [0, 0.1) is 6.92 Å². The van der Waals surface area contributed by atoms with Crippen LogP contribution in [0.5, 0.6) is 0 Å². The average Bonchev–Trinajstić information content (AvgIpc) is 2.79. The third-order valence-electron chi connectivity index (χ3n) is 5.46. The van der Waals surface area contributed by atoms with E-state index in [1.54, 1.807) is 36.4 Å². The van der Waals surface area contributed by atoms with Gasteiger partial charge in [-0.1, -0.05) is 23.7 Å². The fourth-order valence-corrected chi connectivity index (χ4v) is 5.01. The van der Waals surface area contributed by atoms with Gasteiger partial charge in [-0.05, 0) is 61.5 Å². The lowest BCUT2D eigenvalue weighted by Gasteiger charge is -2.21. The minimum atomic E-state index is -4.00. The van der Waals surface area contributed by atoms with E-state index in [9.17, 15) is 18.0 Å². The number of nitrogens with zero attached hydrogens (tertiary/aromatic N) is 2. The summed E-state index contributed by atoms with van der Waals surface area (Å²) in [6.45, 7) is 1.85. The Morgan fingerprint density at radius 1 is 1.00 bits per heavy atom. The normalized spacial score (nSPS) is 11.9. The van der Waals surface area contributed by atoms with Gasteiger partial charge in [0.1, 0.15) is 5.58 Å². The predicted octanol–water partition coefficient (Wildman–Crippen LogP) is 5.06. The molecule has 0 fully saturated rings. The average molecular weight is 493 g/mol. The van der Waals surface area contributed by atoms with Gasteiger partial charge in [0, 0.05) is 16.6 Å². The van der Waals surface area contributed by atoms with Crippen LogP contribution in [0.1, 0.15) is 16.1 Å². The van der Waals surface area contributed by atoms with E-state index in [2.05, 4.69) is 4.98 Å². The van der Waals surface area contributed by atoms with Gasteiger partial charge in [-0.25, -0.2) is 12.7 Å². The highest BCUT2D eigenvalue weighted by molar-refractivity contribution is 7.92. The number of pyridine rings is 1. The summed E-state index contributed by atoms with van der Waals surface area (Å²) in [5.74, 6) is -0.797. The second-order valence-corrected chi connectivity index (χ2v) is 10.2. The summed E-state index contributed by atoms with van der Waals surface area (Å²) in [6, 6.07) is 17.4. The van der Waals surface area contributed by atoms with Crippen molar-refractivity contribution in [2.24, 2.45) is 0 Å². The van der Waals surface area contributed by atoms with Crippen molar-refractivity contribution in [3.05, 3.63) is 93.2 Å². The Kier molecular flexibility index (Phi) is 5.15. The molecule has 1 amide bonds. The molecule has 34 heavy (non-hydrogen) atoms. The van der Waals surface area contributed by atoms with Crippen LogP contribution in [0.4, 0.5) is 5.69 Å². The maximum absolute atomic E-state index is 13.4. The van der Waals surface area contributed by atoms with E-state index in [0.717, 1.165) is 11.9 Å². The molecular formula is C25H17ClN2O5S. The number of anilines is 1. The summed E-state index contributed by atoms with van der Waals surface area (Å²) in [6.07, 6.45) is 0.952. The molecule has 9 heteroatoms. The van der Waals surface area contributed by atoms with Crippen molar-refractivity contribution >= 4 is 66.1 Å². The van der Waals surface area contributed by atoms with Crippen LogP contribution in [-0.2, 0) is 10.0 Å². The molecule has 0 bridgehead atoms. The molecule has 0 aliphatic carbocycles. The SMILES string of the molecule is Cc1ccc2cc(N(C(=O)c3ccc4oc5c(Cl)cccc5c(=O)c4c3)S(C)(=O)=O)ccc2n1. The lowest BCUT2D eigenvalue weighted by atomic mass is 10.1. The highest BCUT2D eigenvalue weighted by atomic mass is 35.5. The van der Waals surface area contributed by atoms with Gasteiger partial charge in [0.05, 0.1) is 33.3 Å². The van der Waals surface area contributed by atoms with Crippen molar-refractivity contribution in [1.29, 1.82) is 0 Å². The Morgan fingerprint density at radius 3 is 2.56 bits per heavy atom. The van der Waals surface area contributed by atoms with Crippen molar-refractivity contribution in [3.8, 4) is 0 Å². The molecule has 3 aromatic carbocycles. The number of hydrogen-bond acceptors (Lipinski definition) is 6. The molecule has 2 aromatic heterocycles. The molecule has 5 aromatic rings. The fraction of sp³-hybridized carbons (Fsp3) is 0.0800. The number of carbonyl (C=O) groups excluding carboxylic acids is 1. The van der Waals surface area contributed by atoms with Crippen molar-refractivity contribution in [3.63, 3.8) is 0 Å². The van der Waals surface area contributed by atoms with Gasteiger partial charge >= 0.3 is 0 Å². The van der Waals surface area contributed by atoms with Crippen LogP contribution >= 0.6 is 11.6 Å². The molecule has 0 aliphatic rings. The number of aryl methyl sites for hydroxylation is 1. The molecule has 0 unspecified atom stereocenters. The van der Waals surface area contributed by atoms with Crippen molar-refractivity contribution in [1.82, 2.24) is 4.98 Å². The number of benzene rings is 3. The quantitative estimate of drug-likeness (QED) is 0.326. The summed E-state index contributed by atoms with van der Waals surface area (Å²) in [7, 11) is -4.00. The smallest absolute Gasteiger partial charge is 0.272 e. The van der Waals surface area contributed by atoms with E-state index >= 15 is 0 Å². The fourth-order valence-electron chi connectivity index (χ4n) is 3.89. The Balaban J connectivity index is 1.67. The molecular weight excluding hydrogens is 476 g/mol. The van der Waals surface area contributed by atoms with E-state index in [0.29, 0.717) is 20.2 Å². The van der Waals surface area contributed by atoms with Crippen LogP contribution in [0.15, 0.2) is 75.9 Å². The summed E-state index contributed by atoms with van der Waals surface area (Å²) >= 11 is 6.16. The Bertz CT molecular complexity index is 1810. The Morgan fingerprint density at radius 2 is 1.79 bits per heavy atom. The van der Waals surface area contributed by atoms with E-state index in [1.807, 2.05) is 13.0 Å². The van der Waals surface area contributed by atoms with E-state index in [4.69, 9.17) is 16.0 Å². The molecule has 0 radical (unpaired) electrons. The molecule has 170 valence electrons. The number of hydrogen-bond donors (Lipinski definition) is 0. The molecule has 0 saturated carbocycles. The van der Waals surface area contributed by atoms with E-state index in [-0.39, 0.29) is 38.6 Å². The summed E-state index contributed by atoms with van der Waals surface area (Å²) < 4.78 is 31.8. The molecule has 0 spiro atoms. The first-order chi connectivity index (χ1) is 16.1. The number of rotatable bonds is 3. The first-order valence-electron chi connectivity index (χ1n) is 10.2. The molecule has 2 heterocycles. The van der Waals surface area contributed by atoms with Gasteiger partial charge in [-0.15, -0.1) is 0 Å². The lowest BCUT2D eigenvalue weighted by Crippen LogP contribution is -2.36. The van der Waals surface area contributed by atoms with Crippen LogP contribution in [0.25, 0.3) is 32.8 Å². The monoisotopic (exact) mass is 492 g/mol. The number of amides is 1. The van der Waals surface area contributed by atoms with Gasteiger partial charge in [-0.2, -0.15) is 0 Å². The summed E-state index contributed by atoms with van der Waals surface area (Å²) in [4.78, 5) is 30.9. The number of carbonyl (C=O) groups is 1. The zero-order chi connectivity index (χ0) is 24.2. The zero-order valence-electron chi connectivity index (χ0n) is 18.1. The number of para-hydroxylation sites is 1. The first kappa shape index (κ1) is 22.1. The molecule has 7 nitrogen and oxygen atoms in total. The summed E-state index contributed by atoms with van der Waals surface area (Å²) in [5.41, 5.74) is 1.81. The van der Waals surface area contributed by atoms with Crippen molar-refractivity contribution in [2.45, 2.75) is 6.92 Å². The number of aromatic nitrogens is 1. The van der Waals surface area contributed by atoms with Crippen molar-refractivity contribution < 1.29 is 17.6 Å². The van der Waals surface area contributed by atoms with Crippen LogP contribution in [-0.4, -0.2) is 25.6 Å². The van der Waals surface area contributed by atoms with Gasteiger partial charge in [0.15, 0.2) is 5.58 Å². The highest BCUT2D eigenvalue weighted by Crippen LogP contribution is 2.28.